The number of aliphatic imine (C=N–C) groups is 1. The SMILES string of the molecule is CCOc1cc(/C=C2\SC(=Nc3ccc(C)c(C)c3)NC2=O)ccc1OCc1ccc(Cl)cc1Cl. The molecule has 0 radical (unpaired) electrons. The summed E-state index contributed by atoms with van der Waals surface area (Å²) in [6.45, 7) is 6.74. The molecule has 0 aromatic heterocycles. The molecule has 4 rings (SSSR count). The Balaban J connectivity index is 1.51. The lowest BCUT2D eigenvalue weighted by Crippen LogP contribution is -2.19. The molecule has 0 atom stereocenters. The number of halogens is 2. The third-order valence-electron chi connectivity index (χ3n) is 5.34. The number of nitrogens with one attached hydrogen (secondary N) is 1. The van der Waals surface area contributed by atoms with Gasteiger partial charge in [0.1, 0.15) is 6.61 Å². The van der Waals surface area contributed by atoms with Gasteiger partial charge in [0.25, 0.3) is 5.91 Å². The predicted molar refractivity (Wildman–Crippen MR) is 145 cm³/mol. The van der Waals surface area contributed by atoms with Gasteiger partial charge in [0, 0.05) is 15.6 Å². The van der Waals surface area contributed by atoms with Crippen LogP contribution >= 0.6 is 35.0 Å². The topological polar surface area (TPSA) is 59.9 Å². The van der Waals surface area contributed by atoms with E-state index in [2.05, 4.69) is 17.2 Å². The molecule has 0 saturated carbocycles. The molecule has 35 heavy (non-hydrogen) atoms. The minimum atomic E-state index is -0.187. The molecule has 0 bridgehead atoms. The molecule has 1 fully saturated rings. The lowest BCUT2D eigenvalue weighted by molar-refractivity contribution is -0.115. The minimum absolute atomic E-state index is 0.187. The van der Waals surface area contributed by atoms with Crippen molar-refractivity contribution < 1.29 is 14.3 Å². The van der Waals surface area contributed by atoms with E-state index in [0.29, 0.717) is 38.2 Å². The summed E-state index contributed by atoms with van der Waals surface area (Å²) in [5.41, 5.74) is 4.79. The van der Waals surface area contributed by atoms with Gasteiger partial charge in [0.15, 0.2) is 16.7 Å². The average Bonchev–Trinajstić information content (AvgIpc) is 3.15. The van der Waals surface area contributed by atoms with E-state index in [-0.39, 0.29) is 12.5 Å². The summed E-state index contributed by atoms with van der Waals surface area (Å²) in [5, 5.41) is 4.50. The number of hydrogen-bond acceptors (Lipinski definition) is 5. The monoisotopic (exact) mass is 526 g/mol. The molecule has 180 valence electrons. The van der Waals surface area contributed by atoms with Crippen LogP contribution in [-0.2, 0) is 11.4 Å². The summed E-state index contributed by atoms with van der Waals surface area (Å²) in [7, 11) is 0. The minimum Gasteiger partial charge on any atom is -0.490 e. The fourth-order valence-corrected chi connectivity index (χ4v) is 4.65. The molecule has 1 aliphatic rings. The first kappa shape index (κ1) is 25.2. The number of rotatable bonds is 7. The van der Waals surface area contributed by atoms with Crippen molar-refractivity contribution in [3.8, 4) is 11.5 Å². The molecule has 5 nitrogen and oxygen atoms in total. The molecular formula is C27H24Cl2N2O3S. The Morgan fingerprint density at radius 2 is 1.80 bits per heavy atom. The molecule has 3 aromatic carbocycles. The van der Waals surface area contributed by atoms with Gasteiger partial charge < -0.3 is 14.8 Å². The summed E-state index contributed by atoms with van der Waals surface area (Å²) >= 11 is 13.5. The Hall–Kier alpha value is -2.93. The highest BCUT2D eigenvalue weighted by atomic mass is 35.5. The Kier molecular flexibility index (Phi) is 8.06. The van der Waals surface area contributed by atoms with E-state index in [1.54, 1.807) is 12.1 Å². The number of aryl methyl sites for hydroxylation is 2. The predicted octanol–water partition coefficient (Wildman–Crippen LogP) is 7.48. The van der Waals surface area contributed by atoms with Crippen LogP contribution in [0.3, 0.4) is 0 Å². The number of ether oxygens (including phenoxy) is 2. The van der Waals surface area contributed by atoms with Gasteiger partial charge in [-0.2, -0.15) is 0 Å². The molecule has 3 aromatic rings. The van der Waals surface area contributed by atoms with Crippen molar-refractivity contribution in [1.82, 2.24) is 5.32 Å². The average molecular weight is 527 g/mol. The normalized spacial score (nSPS) is 15.5. The second kappa shape index (κ2) is 11.2. The molecule has 1 N–H and O–H groups in total. The Morgan fingerprint density at radius 1 is 0.971 bits per heavy atom. The van der Waals surface area contributed by atoms with Crippen LogP contribution in [0.15, 0.2) is 64.5 Å². The first-order valence-corrected chi connectivity index (χ1v) is 12.6. The van der Waals surface area contributed by atoms with Crippen molar-refractivity contribution in [3.05, 3.63) is 91.8 Å². The van der Waals surface area contributed by atoms with E-state index < -0.39 is 0 Å². The van der Waals surface area contributed by atoms with Gasteiger partial charge in [0.05, 0.1) is 17.2 Å². The summed E-state index contributed by atoms with van der Waals surface area (Å²) in [6.07, 6.45) is 1.81. The number of amides is 1. The molecule has 1 amide bonds. The number of benzene rings is 3. The van der Waals surface area contributed by atoms with E-state index in [1.807, 2.05) is 62.4 Å². The number of amidine groups is 1. The second-order valence-corrected chi connectivity index (χ2v) is 9.79. The van der Waals surface area contributed by atoms with Crippen molar-refractivity contribution in [2.24, 2.45) is 4.99 Å². The van der Waals surface area contributed by atoms with E-state index in [1.165, 1.54) is 17.3 Å². The molecule has 0 aliphatic carbocycles. The molecule has 0 unspecified atom stereocenters. The molecule has 1 heterocycles. The van der Waals surface area contributed by atoms with Crippen molar-refractivity contribution in [2.75, 3.05) is 6.61 Å². The number of hydrogen-bond donors (Lipinski definition) is 1. The van der Waals surface area contributed by atoms with Gasteiger partial charge in [-0.05, 0) is 91.7 Å². The van der Waals surface area contributed by atoms with Crippen molar-refractivity contribution in [2.45, 2.75) is 27.4 Å². The van der Waals surface area contributed by atoms with E-state index in [9.17, 15) is 4.79 Å². The molecule has 8 heteroatoms. The number of carbonyl (C=O) groups excluding carboxylic acids is 1. The highest BCUT2D eigenvalue weighted by molar-refractivity contribution is 8.18. The summed E-state index contributed by atoms with van der Waals surface area (Å²) in [6, 6.07) is 16.8. The van der Waals surface area contributed by atoms with Gasteiger partial charge in [-0.3, -0.25) is 4.79 Å². The van der Waals surface area contributed by atoms with E-state index >= 15 is 0 Å². The summed E-state index contributed by atoms with van der Waals surface area (Å²) in [4.78, 5) is 17.7. The number of carbonyl (C=O) groups is 1. The lowest BCUT2D eigenvalue weighted by Gasteiger charge is -2.13. The molecular weight excluding hydrogens is 503 g/mol. The maximum absolute atomic E-state index is 12.5. The van der Waals surface area contributed by atoms with Crippen molar-refractivity contribution in [1.29, 1.82) is 0 Å². The summed E-state index contributed by atoms with van der Waals surface area (Å²) < 4.78 is 11.8. The Labute approximate surface area is 219 Å². The van der Waals surface area contributed by atoms with Crippen LogP contribution in [0.2, 0.25) is 10.0 Å². The zero-order valence-electron chi connectivity index (χ0n) is 19.5. The Bertz CT molecular complexity index is 1340. The van der Waals surface area contributed by atoms with Crippen LogP contribution in [0, 0.1) is 13.8 Å². The second-order valence-electron chi connectivity index (χ2n) is 7.91. The molecule has 1 saturated heterocycles. The van der Waals surface area contributed by atoms with Crippen LogP contribution in [0.25, 0.3) is 6.08 Å². The van der Waals surface area contributed by atoms with Gasteiger partial charge in [-0.1, -0.05) is 41.4 Å². The molecule has 1 aliphatic heterocycles. The largest absolute Gasteiger partial charge is 0.490 e. The van der Waals surface area contributed by atoms with Gasteiger partial charge in [0.2, 0.25) is 0 Å². The summed E-state index contributed by atoms with van der Waals surface area (Å²) in [5.74, 6) is 0.980. The highest BCUT2D eigenvalue weighted by Crippen LogP contribution is 2.33. The zero-order valence-corrected chi connectivity index (χ0v) is 21.9. The first-order chi connectivity index (χ1) is 16.8. The first-order valence-electron chi connectivity index (χ1n) is 11.0. The van der Waals surface area contributed by atoms with E-state index in [4.69, 9.17) is 32.7 Å². The number of thioether (sulfide) groups is 1. The smallest absolute Gasteiger partial charge is 0.264 e. The maximum Gasteiger partial charge on any atom is 0.264 e. The van der Waals surface area contributed by atoms with Crippen LogP contribution in [0.5, 0.6) is 11.5 Å². The standard InChI is InChI=1S/C27H24Cl2N2O3S/c1-4-33-24-12-18(6-10-23(24)34-15-19-7-8-20(28)14-22(19)29)13-25-26(32)31-27(35-25)30-21-9-5-16(2)17(3)11-21/h5-14H,4,15H2,1-3H3,(H,30,31,32)/b25-13-. The van der Waals surface area contributed by atoms with Gasteiger partial charge in [-0.25, -0.2) is 4.99 Å². The molecule has 0 spiro atoms. The van der Waals surface area contributed by atoms with E-state index in [0.717, 1.165) is 22.4 Å². The maximum atomic E-state index is 12.5. The van der Waals surface area contributed by atoms with Crippen molar-refractivity contribution in [3.63, 3.8) is 0 Å². The highest BCUT2D eigenvalue weighted by Gasteiger charge is 2.24. The van der Waals surface area contributed by atoms with Crippen LogP contribution in [0.4, 0.5) is 5.69 Å². The van der Waals surface area contributed by atoms with Crippen LogP contribution in [0.1, 0.15) is 29.2 Å². The third-order valence-corrected chi connectivity index (χ3v) is 6.83. The fourth-order valence-electron chi connectivity index (χ4n) is 3.34. The lowest BCUT2D eigenvalue weighted by atomic mass is 10.1. The zero-order chi connectivity index (χ0) is 24.9. The third kappa shape index (κ3) is 6.40. The van der Waals surface area contributed by atoms with Gasteiger partial charge >= 0.3 is 0 Å². The van der Waals surface area contributed by atoms with Crippen LogP contribution in [-0.4, -0.2) is 17.7 Å². The van der Waals surface area contributed by atoms with Gasteiger partial charge in [-0.15, -0.1) is 0 Å². The quantitative estimate of drug-likeness (QED) is 0.324. The number of nitrogens with zero attached hydrogens (tertiary/aromatic N) is 1. The fraction of sp³-hybridized carbons (Fsp3) is 0.185. The van der Waals surface area contributed by atoms with Crippen molar-refractivity contribution >= 4 is 57.8 Å². The Morgan fingerprint density at radius 3 is 2.54 bits per heavy atom. The van der Waals surface area contributed by atoms with Crippen LogP contribution < -0.4 is 14.8 Å².